The van der Waals surface area contributed by atoms with Gasteiger partial charge in [-0.25, -0.2) is 9.97 Å². The van der Waals surface area contributed by atoms with E-state index in [9.17, 15) is 5.26 Å². The van der Waals surface area contributed by atoms with Crippen LogP contribution in [0.5, 0.6) is 5.75 Å². The molecule has 0 aliphatic heterocycles. The quantitative estimate of drug-likeness (QED) is 0.868. The molecule has 0 radical (unpaired) electrons. The molecule has 0 saturated carbocycles. The molecule has 0 fully saturated rings. The Hall–Kier alpha value is -2.32. The first-order valence-corrected chi connectivity index (χ1v) is 7.53. The lowest BCUT2D eigenvalue weighted by atomic mass is 9.84. The minimum atomic E-state index is -0.586. The van der Waals surface area contributed by atoms with Crippen LogP contribution in [0, 0.1) is 18.3 Å². The molecule has 0 bridgehead atoms. The first-order valence-electron chi connectivity index (χ1n) is 7.15. The van der Waals surface area contributed by atoms with Crippen molar-refractivity contribution in [3.8, 4) is 11.8 Å². The second kappa shape index (κ2) is 6.43. The van der Waals surface area contributed by atoms with Crippen LogP contribution in [-0.2, 0) is 11.8 Å². The van der Waals surface area contributed by atoms with E-state index >= 15 is 0 Å². The summed E-state index contributed by atoms with van der Waals surface area (Å²) in [5.74, 6) is 0.886. The zero-order valence-corrected chi connectivity index (χ0v) is 14.4. The van der Waals surface area contributed by atoms with Gasteiger partial charge in [-0.3, -0.25) is 0 Å². The van der Waals surface area contributed by atoms with Crippen LogP contribution in [0.1, 0.15) is 36.2 Å². The number of nitrogen functional groups attached to an aromatic ring is 1. The van der Waals surface area contributed by atoms with Crippen LogP contribution in [0.3, 0.4) is 0 Å². The number of rotatable bonds is 4. The zero-order valence-electron chi connectivity index (χ0n) is 13.6. The molecule has 0 aliphatic rings. The largest absolute Gasteiger partial charge is 0.496 e. The van der Waals surface area contributed by atoms with Gasteiger partial charge in [-0.1, -0.05) is 23.7 Å². The molecule has 2 rings (SSSR count). The van der Waals surface area contributed by atoms with Gasteiger partial charge >= 0.3 is 0 Å². The topological polar surface area (TPSA) is 84.8 Å². The molecule has 1 heterocycles. The third kappa shape index (κ3) is 3.54. The molecule has 120 valence electrons. The van der Waals surface area contributed by atoms with Gasteiger partial charge in [0.15, 0.2) is 0 Å². The summed E-state index contributed by atoms with van der Waals surface area (Å²) in [6.07, 6.45) is 0.503. The number of nitrogens with two attached hydrogens (primary N) is 1. The summed E-state index contributed by atoms with van der Waals surface area (Å²) in [5, 5.41) is 9.67. The van der Waals surface area contributed by atoms with Gasteiger partial charge in [-0.15, -0.1) is 0 Å². The van der Waals surface area contributed by atoms with Crippen LogP contribution < -0.4 is 10.5 Å². The van der Waals surface area contributed by atoms with Gasteiger partial charge in [-0.2, -0.15) is 5.26 Å². The number of benzene rings is 1. The van der Waals surface area contributed by atoms with Gasteiger partial charge in [0.1, 0.15) is 10.9 Å². The van der Waals surface area contributed by atoms with Crippen molar-refractivity contribution in [2.24, 2.45) is 0 Å². The Labute approximate surface area is 141 Å². The fourth-order valence-corrected chi connectivity index (χ4v) is 2.63. The van der Waals surface area contributed by atoms with Crippen molar-refractivity contribution >= 4 is 17.5 Å². The van der Waals surface area contributed by atoms with E-state index in [1.165, 1.54) is 0 Å². The number of ether oxygens (including phenoxy) is 1. The molecule has 0 aliphatic carbocycles. The van der Waals surface area contributed by atoms with Gasteiger partial charge in [-0.05, 0) is 38.0 Å². The lowest BCUT2D eigenvalue weighted by Gasteiger charge is -2.19. The van der Waals surface area contributed by atoms with Crippen molar-refractivity contribution in [2.75, 3.05) is 12.8 Å². The summed E-state index contributed by atoms with van der Waals surface area (Å²) in [4.78, 5) is 8.17. The standard InChI is InChI=1S/C17H19ClN4O/c1-10-13(15(18)22-16(20)21-10)8-11-7-12(17(2,3)9-19)5-6-14(11)23-4/h5-7H,8H2,1-4H3,(H2,20,21,22). The second-order valence-corrected chi connectivity index (χ2v) is 6.23. The van der Waals surface area contributed by atoms with E-state index in [1.807, 2.05) is 39.0 Å². The van der Waals surface area contributed by atoms with Crippen LogP contribution >= 0.6 is 11.6 Å². The maximum atomic E-state index is 9.34. The van der Waals surface area contributed by atoms with E-state index in [4.69, 9.17) is 22.1 Å². The highest BCUT2D eigenvalue weighted by Gasteiger charge is 2.22. The number of aryl methyl sites for hydroxylation is 1. The monoisotopic (exact) mass is 330 g/mol. The molecule has 23 heavy (non-hydrogen) atoms. The average Bonchev–Trinajstić information content (AvgIpc) is 2.50. The minimum Gasteiger partial charge on any atom is -0.496 e. The van der Waals surface area contributed by atoms with E-state index < -0.39 is 5.41 Å². The number of methoxy groups -OCH3 is 1. The van der Waals surface area contributed by atoms with Gasteiger partial charge < -0.3 is 10.5 Å². The number of aromatic nitrogens is 2. The van der Waals surface area contributed by atoms with Gasteiger partial charge in [0.05, 0.1) is 18.6 Å². The van der Waals surface area contributed by atoms with E-state index in [1.54, 1.807) is 7.11 Å². The summed E-state index contributed by atoms with van der Waals surface area (Å²) >= 11 is 6.21. The number of nitrogens with zero attached hydrogens (tertiary/aromatic N) is 3. The molecule has 2 aromatic rings. The highest BCUT2D eigenvalue weighted by Crippen LogP contribution is 2.31. The number of hydrogen-bond acceptors (Lipinski definition) is 5. The Morgan fingerprint density at radius 2 is 2.04 bits per heavy atom. The van der Waals surface area contributed by atoms with Crippen molar-refractivity contribution < 1.29 is 4.74 Å². The molecule has 6 heteroatoms. The fraction of sp³-hybridized carbons (Fsp3) is 0.353. The first-order chi connectivity index (χ1) is 10.8. The van der Waals surface area contributed by atoms with E-state index in [-0.39, 0.29) is 5.95 Å². The fourth-order valence-electron chi connectivity index (χ4n) is 2.34. The SMILES string of the molecule is COc1ccc(C(C)(C)C#N)cc1Cc1c(C)nc(N)nc1Cl. The number of hydrogen-bond donors (Lipinski definition) is 1. The van der Waals surface area contributed by atoms with Crippen molar-refractivity contribution in [3.05, 3.63) is 45.7 Å². The Morgan fingerprint density at radius 1 is 1.35 bits per heavy atom. The second-order valence-electron chi connectivity index (χ2n) is 5.88. The van der Waals surface area contributed by atoms with E-state index in [0.29, 0.717) is 11.6 Å². The summed E-state index contributed by atoms with van der Waals surface area (Å²) in [7, 11) is 1.61. The maximum absolute atomic E-state index is 9.34. The highest BCUT2D eigenvalue weighted by molar-refractivity contribution is 6.30. The Morgan fingerprint density at radius 3 is 2.61 bits per heavy atom. The molecule has 2 N–H and O–H groups in total. The van der Waals surface area contributed by atoms with Crippen molar-refractivity contribution in [3.63, 3.8) is 0 Å². The van der Waals surface area contributed by atoms with E-state index in [2.05, 4.69) is 16.0 Å². The zero-order chi connectivity index (χ0) is 17.2. The average molecular weight is 331 g/mol. The molecule has 0 saturated heterocycles. The molecular weight excluding hydrogens is 312 g/mol. The molecule has 1 aromatic carbocycles. The summed E-state index contributed by atoms with van der Waals surface area (Å²) in [6, 6.07) is 8.04. The van der Waals surface area contributed by atoms with Gasteiger partial charge in [0.2, 0.25) is 5.95 Å². The Balaban J connectivity index is 2.51. The van der Waals surface area contributed by atoms with Crippen molar-refractivity contribution in [1.29, 1.82) is 5.26 Å². The summed E-state index contributed by atoms with van der Waals surface area (Å²) in [6.45, 7) is 5.60. The minimum absolute atomic E-state index is 0.155. The molecule has 1 aromatic heterocycles. The molecule has 0 unspecified atom stereocenters. The molecule has 0 spiro atoms. The van der Waals surface area contributed by atoms with Gasteiger partial charge in [0.25, 0.3) is 0 Å². The maximum Gasteiger partial charge on any atom is 0.221 e. The van der Waals surface area contributed by atoms with Crippen LogP contribution in [0.4, 0.5) is 5.95 Å². The lowest BCUT2D eigenvalue weighted by Crippen LogP contribution is -2.14. The van der Waals surface area contributed by atoms with Crippen molar-refractivity contribution in [1.82, 2.24) is 9.97 Å². The van der Waals surface area contributed by atoms with Crippen LogP contribution in [0.25, 0.3) is 0 Å². The van der Waals surface area contributed by atoms with Crippen LogP contribution in [0.2, 0.25) is 5.15 Å². The molecule has 0 amide bonds. The molecule has 5 nitrogen and oxygen atoms in total. The first kappa shape index (κ1) is 17.0. The molecular formula is C17H19ClN4O. The summed E-state index contributed by atoms with van der Waals surface area (Å²) < 4.78 is 5.43. The summed E-state index contributed by atoms with van der Waals surface area (Å²) in [5.41, 5.74) is 8.39. The third-order valence-electron chi connectivity index (χ3n) is 3.83. The Kier molecular flexibility index (Phi) is 4.76. The van der Waals surface area contributed by atoms with Crippen LogP contribution in [0.15, 0.2) is 18.2 Å². The Bertz CT molecular complexity index is 758. The number of anilines is 1. The predicted octanol–water partition coefficient (Wildman–Crippen LogP) is 3.42. The highest BCUT2D eigenvalue weighted by atomic mass is 35.5. The van der Waals surface area contributed by atoms with Crippen molar-refractivity contribution in [2.45, 2.75) is 32.6 Å². The normalized spacial score (nSPS) is 11.1. The lowest BCUT2D eigenvalue weighted by molar-refractivity contribution is 0.410. The number of halogens is 1. The molecule has 0 atom stereocenters. The van der Waals surface area contributed by atoms with E-state index in [0.717, 1.165) is 28.1 Å². The van der Waals surface area contributed by atoms with Gasteiger partial charge in [0, 0.05) is 17.7 Å². The van der Waals surface area contributed by atoms with Crippen LogP contribution in [-0.4, -0.2) is 17.1 Å². The predicted molar refractivity (Wildman–Crippen MR) is 90.6 cm³/mol. The third-order valence-corrected chi connectivity index (χ3v) is 4.14. The smallest absolute Gasteiger partial charge is 0.221 e. The number of nitriles is 1.